The molecule has 0 fully saturated rings. The van der Waals surface area contributed by atoms with Gasteiger partial charge in [-0.05, 0) is 24.3 Å². The lowest BCUT2D eigenvalue weighted by atomic mass is 10.0. The first-order chi connectivity index (χ1) is 10.2. The Bertz CT molecular complexity index is 717. The number of allylic oxidation sites excluding steroid dienone is 1. The largest absolute Gasteiger partial charge is 0.497 e. The standard InChI is InChI=1S/C17H14FNO2/c1-20-14-8-7-12(17(10-14)21-2)9-13(11-19)15-5-3-4-6-16(15)18/h3-10H,1-2H3. The summed E-state index contributed by atoms with van der Waals surface area (Å²) in [6.45, 7) is 0. The van der Waals surface area contributed by atoms with Crippen molar-refractivity contribution in [3.8, 4) is 17.6 Å². The summed E-state index contributed by atoms with van der Waals surface area (Å²) in [6.07, 6.45) is 1.59. The van der Waals surface area contributed by atoms with Gasteiger partial charge in [0.2, 0.25) is 0 Å². The number of methoxy groups -OCH3 is 2. The smallest absolute Gasteiger partial charge is 0.131 e. The van der Waals surface area contributed by atoms with E-state index in [4.69, 9.17) is 9.47 Å². The van der Waals surface area contributed by atoms with Crippen molar-refractivity contribution in [3.63, 3.8) is 0 Å². The fraction of sp³-hybridized carbons (Fsp3) is 0.118. The third-order valence-corrected chi connectivity index (χ3v) is 3.02. The van der Waals surface area contributed by atoms with E-state index in [9.17, 15) is 9.65 Å². The van der Waals surface area contributed by atoms with Gasteiger partial charge >= 0.3 is 0 Å². The molecule has 0 aliphatic heterocycles. The molecule has 106 valence electrons. The van der Waals surface area contributed by atoms with Crippen LogP contribution in [0.25, 0.3) is 11.6 Å². The zero-order valence-corrected chi connectivity index (χ0v) is 11.8. The second-order valence-electron chi connectivity index (χ2n) is 4.26. The highest BCUT2D eigenvalue weighted by molar-refractivity contribution is 5.90. The van der Waals surface area contributed by atoms with E-state index in [1.165, 1.54) is 13.2 Å². The molecule has 0 aromatic heterocycles. The predicted octanol–water partition coefficient (Wildman–Crippen LogP) is 3.91. The van der Waals surface area contributed by atoms with E-state index in [-0.39, 0.29) is 11.1 Å². The van der Waals surface area contributed by atoms with Crippen molar-refractivity contribution in [3.05, 3.63) is 59.4 Å². The van der Waals surface area contributed by atoms with Gasteiger partial charge in [-0.25, -0.2) is 4.39 Å². The van der Waals surface area contributed by atoms with Crippen molar-refractivity contribution >= 4 is 11.6 Å². The number of nitriles is 1. The Labute approximate surface area is 122 Å². The first kappa shape index (κ1) is 14.6. The number of hydrogen-bond donors (Lipinski definition) is 0. The molecule has 0 aliphatic rings. The van der Waals surface area contributed by atoms with Gasteiger partial charge in [-0.2, -0.15) is 5.26 Å². The van der Waals surface area contributed by atoms with Gasteiger partial charge in [0.25, 0.3) is 0 Å². The van der Waals surface area contributed by atoms with Crippen LogP contribution in [0, 0.1) is 17.1 Å². The molecule has 0 saturated heterocycles. The molecular formula is C17H14FNO2. The Morgan fingerprint density at radius 2 is 1.90 bits per heavy atom. The molecule has 3 nitrogen and oxygen atoms in total. The van der Waals surface area contributed by atoms with E-state index < -0.39 is 5.82 Å². The lowest BCUT2D eigenvalue weighted by Gasteiger charge is -2.08. The molecule has 0 amide bonds. The van der Waals surface area contributed by atoms with Gasteiger partial charge in [-0.1, -0.05) is 18.2 Å². The van der Waals surface area contributed by atoms with Crippen molar-refractivity contribution < 1.29 is 13.9 Å². The molecule has 0 unspecified atom stereocenters. The lowest BCUT2D eigenvalue weighted by molar-refractivity contribution is 0.394. The van der Waals surface area contributed by atoms with Crippen LogP contribution >= 0.6 is 0 Å². The Kier molecular flexibility index (Phi) is 4.57. The highest BCUT2D eigenvalue weighted by Crippen LogP contribution is 2.29. The van der Waals surface area contributed by atoms with Crippen LogP contribution in [0.4, 0.5) is 4.39 Å². The van der Waals surface area contributed by atoms with Gasteiger partial charge in [-0.3, -0.25) is 0 Å². The molecule has 0 saturated carbocycles. The predicted molar refractivity (Wildman–Crippen MR) is 79.4 cm³/mol. The third kappa shape index (κ3) is 3.21. The topological polar surface area (TPSA) is 42.2 Å². The first-order valence-electron chi connectivity index (χ1n) is 6.28. The molecule has 4 heteroatoms. The minimum atomic E-state index is -0.433. The average molecular weight is 283 g/mol. The van der Waals surface area contributed by atoms with Crippen LogP contribution in [-0.2, 0) is 0 Å². The molecule has 0 spiro atoms. The number of rotatable bonds is 4. The van der Waals surface area contributed by atoms with E-state index in [0.29, 0.717) is 17.1 Å². The van der Waals surface area contributed by atoms with Crippen LogP contribution in [-0.4, -0.2) is 14.2 Å². The quantitative estimate of drug-likeness (QED) is 0.631. The zero-order chi connectivity index (χ0) is 15.2. The highest BCUT2D eigenvalue weighted by Gasteiger charge is 2.09. The van der Waals surface area contributed by atoms with E-state index in [1.807, 2.05) is 6.07 Å². The van der Waals surface area contributed by atoms with Crippen LogP contribution in [0.5, 0.6) is 11.5 Å². The second-order valence-corrected chi connectivity index (χ2v) is 4.26. The Balaban J connectivity index is 2.51. The van der Waals surface area contributed by atoms with Gasteiger partial charge < -0.3 is 9.47 Å². The molecule has 2 aromatic carbocycles. The van der Waals surface area contributed by atoms with E-state index >= 15 is 0 Å². The van der Waals surface area contributed by atoms with Crippen molar-refractivity contribution in [2.24, 2.45) is 0 Å². The number of nitrogens with zero attached hydrogens (tertiary/aromatic N) is 1. The maximum absolute atomic E-state index is 13.8. The molecule has 2 aromatic rings. The van der Waals surface area contributed by atoms with Crippen molar-refractivity contribution in [2.45, 2.75) is 0 Å². The highest BCUT2D eigenvalue weighted by atomic mass is 19.1. The SMILES string of the molecule is COc1ccc(C=C(C#N)c2ccccc2F)c(OC)c1. The van der Waals surface area contributed by atoms with E-state index in [2.05, 4.69) is 0 Å². The molecule has 21 heavy (non-hydrogen) atoms. The minimum Gasteiger partial charge on any atom is -0.497 e. The summed E-state index contributed by atoms with van der Waals surface area (Å²) >= 11 is 0. The second kappa shape index (κ2) is 6.58. The Morgan fingerprint density at radius 3 is 2.52 bits per heavy atom. The summed E-state index contributed by atoms with van der Waals surface area (Å²) in [6, 6.07) is 13.4. The Hall–Kier alpha value is -2.80. The van der Waals surface area contributed by atoms with Crippen molar-refractivity contribution in [1.29, 1.82) is 5.26 Å². The van der Waals surface area contributed by atoms with Crippen LogP contribution in [0.3, 0.4) is 0 Å². The van der Waals surface area contributed by atoms with Gasteiger partial charge in [0.1, 0.15) is 17.3 Å². The van der Waals surface area contributed by atoms with Crippen LogP contribution in [0.2, 0.25) is 0 Å². The molecule has 0 atom stereocenters. The van der Waals surface area contributed by atoms with Crippen molar-refractivity contribution in [2.75, 3.05) is 14.2 Å². The molecule has 0 heterocycles. The summed E-state index contributed by atoms with van der Waals surface area (Å²) in [5.41, 5.74) is 1.17. The van der Waals surface area contributed by atoms with Crippen LogP contribution in [0.1, 0.15) is 11.1 Å². The number of halogens is 1. The first-order valence-corrected chi connectivity index (χ1v) is 6.28. The zero-order valence-electron chi connectivity index (χ0n) is 11.8. The summed E-state index contributed by atoms with van der Waals surface area (Å²) in [7, 11) is 3.09. The van der Waals surface area contributed by atoms with Crippen LogP contribution in [0.15, 0.2) is 42.5 Å². The summed E-state index contributed by atoms with van der Waals surface area (Å²) < 4.78 is 24.2. The molecular weight excluding hydrogens is 269 g/mol. The molecule has 0 N–H and O–H groups in total. The van der Waals surface area contributed by atoms with Gasteiger partial charge in [0, 0.05) is 17.2 Å². The normalized spacial score (nSPS) is 10.9. The minimum absolute atomic E-state index is 0.233. The fourth-order valence-electron chi connectivity index (χ4n) is 1.94. The van der Waals surface area contributed by atoms with Gasteiger partial charge in [-0.15, -0.1) is 0 Å². The molecule has 0 bridgehead atoms. The average Bonchev–Trinajstić information content (AvgIpc) is 2.53. The number of ether oxygens (including phenoxy) is 2. The molecule has 0 aliphatic carbocycles. The molecule has 2 rings (SSSR count). The summed E-state index contributed by atoms with van der Waals surface area (Å²) in [5.74, 6) is 0.768. The molecule has 0 radical (unpaired) electrons. The fourth-order valence-corrected chi connectivity index (χ4v) is 1.94. The number of benzene rings is 2. The Morgan fingerprint density at radius 1 is 1.14 bits per heavy atom. The lowest BCUT2D eigenvalue weighted by Crippen LogP contribution is -1.91. The van der Waals surface area contributed by atoms with Crippen molar-refractivity contribution in [1.82, 2.24) is 0 Å². The van der Waals surface area contributed by atoms with Gasteiger partial charge in [0.05, 0.1) is 25.9 Å². The summed E-state index contributed by atoms with van der Waals surface area (Å²) in [5, 5.41) is 9.28. The maximum Gasteiger partial charge on any atom is 0.131 e. The summed E-state index contributed by atoms with van der Waals surface area (Å²) in [4.78, 5) is 0. The monoisotopic (exact) mass is 283 g/mol. The number of hydrogen-bond acceptors (Lipinski definition) is 3. The maximum atomic E-state index is 13.8. The van der Waals surface area contributed by atoms with Crippen LogP contribution < -0.4 is 9.47 Å². The van der Waals surface area contributed by atoms with E-state index in [0.717, 1.165) is 0 Å². The third-order valence-electron chi connectivity index (χ3n) is 3.02. The van der Waals surface area contributed by atoms with E-state index in [1.54, 1.807) is 49.6 Å². The van der Waals surface area contributed by atoms with Gasteiger partial charge in [0.15, 0.2) is 0 Å².